The van der Waals surface area contributed by atoms with Crippen molar-refractivity contribution in [3.05, 3.63) is 42.0 Å². The number of fused-ring (bicyclic) bond motifs is 1. The molecule has 0 aromatic heterocycles. The second kappa shape index (κ2) is 9.26. The van der Waals surface area contributed by atoms with Crippen LogP contribution in [0.4, 0.5) is 10.5 Å². The van der Waals surface area contributed by atoms with Crippen LogP contribution in [-0.4, -0.2) is 19.8 Å². The minimum Gasteiger partial charge on any atom is -0.444 e. The predicted molar refractivity (Wildman–Crippen MR) is 132 cm³/mol. The van der Waals surface area contributed by atoms with Gasteiger partial charge in [-0.15, -0.1) is 5.54 Å². The van der Waals surface area contributed by atoms with Crippen molar-refractivity contribution in [2.24, 2.45) is 0 Å². The maximum absolute atomic E-state index is 12.3. The van der Waals surface area contributed by atoms with E-state index in [1.54, 1.807) is 0 Å². The van der Waals surface area contributed by atoms with Gasteiger partial charge in [-0.1, -0.05) is 71.7 Å². The fraction of sp³-hybridized carbons (Fsp3) is 0.500. The van der Waals surface area contributed by atoms with Crippen LogP contribution >= 0.6 is 0 Å². The number of hydrogen-bond acceptors (Lipinski definition) is 2. The summed E-state index contributed by atoms with van der Waals surface area (Å²) in [5.74, 6) is 3.56. The van der Waals surface area contributed by atoms with Crippen molar-refractivity contribution in [1.29, 1.82) is 0 Å². The summed E-state index contributed by atoms with van der Waals surface area (Å²) in [5, 5.41) is 4.92. The van der Waals surface area contributed by atoms with Crippen LogP contribution in [-0.2, 0) is 4.74 Å². The van der Waals surface area contributed by atoms with Gasteiger partial charge in [0.05, 0.1) is 5.69 Å². The van der Waals surface area contributed by atoms with Crippen molar-refractivity contribution in [2.75, 3.05) is 5.32 Å². The lowest BCUT2D eigenvalue weighted by atomic mass is 10.0. The lowest BCUT2D eigenvalue weighted by Crippen LogP contribution is -2.43. The van der Waals surface area contributed by atoms with Gasteiger partial charge in [0.1, 0.15) is 13.7 Å². The average Bonchev–Trinajstić information content (AvgIpc) is 2.60. The second-order valence-electron chi connectivity index (χ2n) is 9.98. The summed E-state index contributed by atoms with van der Waals surface area (Å²) in [7, 11) is -1.82. The number of nitrogens with one attached hydrogen (secondary N) is 1. The SMILES string of the molecule is CC(C)[Si](C#Cc1cccc2c(NC(=O)OC(C)(C)C)cccc12)(C(C)C)C(C)C. The predicted octanol–water partition coefficient (Wildman–Crippen LogP) is 7.76. The molecule has 0 unspecified atom stereocenters. The summed E-state index contributed by atoms with van der Waals surface area (Å²) in [5.41, 5.74) is 6.79. The molecule has 1 N–H and O–H groups in total. The summed E-state index contributed by atoms with van der Waals surface area (Å²) in [4.78, 5) is 12.3. The van der Waals surface area contributed by atoms with Gasteiger partial charge in [-0.05, 0) is 54.9 Å². The zero-order valence-corrected chi connectivity index (χ0v) is 21.0. The molecule has 0 heterocycles. The minimum absolute atomic E-state index is 0.447. The van der Waals surface area contributed by atoms with Crippen molar-refractivity contribution in [1.82, 2.24) is 0 Å². The normalized spacial score (nSPS) is 12.3. The van der Waals surface area contributed by atoms with Gasteiger partial charge in [0.2, 0.25) is 0 Å². The molecule has 0 saturated heterocycles. The van der Waals surface area contributed by atoms with Crippen LogP contribution in [0.1, 0.15) is 67.9 Å². The molecule has 3 nitrogen and oxygen atoms in total. The first kappa shape index (κ1) is 24.0. The van der Waals surface area contributed by atoms with Gasteiger partial charge >= 0.3 is 6.09 Å². The van der Waals surface area contributed by atoms with E-state index >= 15 is 0 Å². The Bertz CT molecular complexity index is 937. The Morgan fingerprint density at radius 2 is 1.43 bits per heavy atom. The average molecular weight is 424 g/mol. The number of hydrogen-bond donors (Lipinski definition) is 1. The van der Waals surface area contributed by atoms with Gasteiger partial charge in [0.15, 0.2) is 0 Å². The maximum atomic E-state index is 12.3. The van der Waals surface area contributed by atoms with Gasteiger partial charge in [0.25, 0.3) is 0 Å². The number of ether oxygens (including phenoxy) is 1. The standard InChI is InChI=1S/C26H37NO2Si/c1-18(2)30(19(3)4,20(5)6)17-16-21-12-10-14-23-22(21)13-11-15-24(23)27-25(28)29-26(7,8)9/h10-15,18-20H,1-9H3,(H,27,28). The van der Waals surface area contributed by atoms with Crippen LogP contribution in [0.2, 0.25) is 16.6 Å². The summed E-state index contributed by atoms with van der Waals surface area (Å²) in [6.07, 6.45) is -0.447. The summed E-state index contributed by atoms with van der Waals surface area (Å²) in [6.45, 7) is 19.5. The van der Waals surface area contributed by atoms with Gasteiger partial charge < -0.3 is 4.74 Å². The number of benzene rings is 2. The number of amides is 1. The van der Waals surface area contributed by atoms with Gasteiger partial charge in [-0.25, -0.2) is 4.79 Å². The highest BCUT2D eigenvalue weighted by atomic mass is 28.3. The lowest BCUT2D eigenvalue weighted by molar-refractivity contribution is 0.0636. The third-order valence-electron chi connectivity index (χ3n) is 5.84. The van der Waals surface area contributed by atoms with Crippen molar-refractivity contribution in [2.45, 2.75) is 84.5 Å². The Labute approximate surface area is 183 Å². The van der Waals surface area contributed by atoms with E-state index in [0.717, 1.165) is 22.0 Å². The largest absolute Gasteiger partial charge is 0.444 e. The van der Waals surface area contributed by atoms with E-state index in [1.807, 2.05) is 45.0 Å². The molecule has 2 aromatic carbocycles. The van der Waals surface area contributed by atoms with E-state index in [2.05, 4.69) is 70.5 Å². The smallest absolute Gasteiger partial charge is 0.412 e. The molecule has 1 amide bonds. The Balaban J connectivity index is 2.52. The molecule has 2 aromatic rings. The molecule has 0 radical (unpaired) electrons. The highest BCUT2D eigenvalue weighted by Crippen LogP contribution is 2.41. The van der Waals surface area contributed by atoms with Crippen LogP contribution in [0.5, 0.6) is 0 Å². The topological polar surface area (TPSA) is 38.3 Å². The first-order chi connectivity index (χ1) is 13.9. The zero-order chi connectivity index (χ0) is 22.7. The van der Waals surface area contributed by atoms with Gasteiger partial charge in [0, 0.05) is 10.9 Å². The second-order valence-corrected chi connectivity index (χ2v) is 15.6. The molecule has 2 rings (SSSR count). The van der Waals surface area contributed by atoms with Gasteiger partial charge in [-0.2, -0.15) is 0 Å². The maximum Gasteiger partial charge on any atom is 0.412 e. The number of rotatable bonds is 4. The fourth-order valence-electron chi connectivity index (χ4n) is 4.55. The van der Waals surface area contributed by atoms with Crippen molar-refractivity contribution < 1.29 is 9.53 Å². The lowest BCUT2D eigenvalue weighted by Gasteiger charge is -2.38. The molecule has 30 heavy (non-hydrogen) atoms. The molecule has 162 valence electrons. The third-order valence-corrected chi connectivity index (χ3v) is 12.1. The van der Waals surface area contributed by atoms with Crippen LogP contribution in [0.15, 0.2) is 36.4 Å². The van der Waals surface area contributed by atoms with Crippen LogP contribution < -0.4 is 5.32 Å². The summed E-state index contributed by atoms with van der Waals surface area (Å²) >= 11 is 0. The van der Waals surface area contributed by atoms with E-state index in [-0.39, 0.29) is 0 Å². The molecule has 0 aliphatic heterocycles. The zero-order valence-electron chi connectivity index (χ0n) is 20.0. The fourth-order valence-corrected chi connectivity index (χ4v) is 9.77. The Hall–Kier alpha value is -2.25. The number of anilines is 1. The Morgan fingerprint density at radius 3 is 1.97 bits per heavy atom. The van der Waals surface area contributed by atoms with Crippen molar-refractivity contribution >= 4 is 30.6 Å². The highest BCUT2D eigenvalue weighted by molar-refractivity contribution is 6.90. The van der Waals surface area contributed by atoms with E-state index in [4.69, 9.17) is 4.74 Å². The van der Waals surface area contributed by atoms with E-state index in [1.165, 1.54) is 0 Å². The van der Waals surface area contributed by atoms with Gasteiger partial charge in [-0.3, -0.25) is 5.32 Å². The number of carbonyl (C=O) groups is 1. The van der Waals surface area contributed by atoms with Crippen LogP contribution in [0, 0.1) is 11.5 Å². The summed E-state index contributed by atoms with van der Waals surface area (Å²) in [6, 6.07) is 12.0. The first-order valence-electron chi connectivity index (χ1n) is 10.9. The molecule has 0 aliphatic carbocycles. The van der Waals surface area contributed by atoms with Crippen molar-refractivity contribution in [3.63, 3.8) is 0 Å². The molecular formula is C26H37NO2Si. The minimum atomic E-state index is -1.82. The molecule has 0 saturated carbocycles. The summed E-state index contributed by atoms with van der Waals surface area (Å²) < 4.78 is 5.42. The molecule has 0 atom stereocenters. The monoisotopic (exact) mass is 423 g/mol. The number of carbonyl (C=O) groups excluding carboxylic acids is 1. The molecule has 4 heteroatoms. The van der Waals surface area contributed by atoms with E-state index < -0.39 is 19.8 Å². The third kappa shape index (κ3) is 5.26. The first-order valence-corrected chi connectivity index (χ1v) is 13.2. The Kier molecular flexibility index (Phi) is 7.42. The molecule has 0 bridgehead atoms. The molecular weight excluding hydrogens is 386 g/mol. The molecule has 0 fully saturated rings. The quantitative estimate of drug-likeness (QED) is 0.403. The molecule has 0 spiro atoms. The highest BCUT2D eigenvalue weighted by Gasteiger charge is 2.41. The molecule has 0 aliphatic rings. The van der Waals surface area contributed by atoms with E-state index in [0.29, 0.717) is 16.6 Å². The van der Waals surface area contributed by atoms with Crippen molar-refractivity contribution in [3.8, 4) is 11.5 Å². The Morgan fingerprint density at radius 1 is 0.900 bits per heavy atom. The van der Waals surface area contributed by atoms with Crippen LogP contribution in [0.25, 0.3) is 10.8 Å². The van der Waals surface area contributed by atoms with Crippen LogP contribution in [0.3, 0.4) is 0 Å². The van der Waals surface area contributed by atoms with E-state index in [9.17, 15) is 4.79 Å².